The Balaban J connectivity index is 2.23. The maximum atomic E-state index is 11.9. The maximum Gasteiger partial charge on any atom is 0.357 e. The van der Waals surface area contributed by atoms with E-state index in [4.69, 9.17) is 14.2 Å². The molecule has 0 aliphatic carbocycles. The second-order valence-electron chi connectivity index (χ2n) is 4.76. The minimum Gasteiger partial charge on any atom is -0.497 e. The van der Waals surface area contributed by atoms with E-state index in [1.807, 2.05) is 12.1 Å². The van der Waals surface area contributed by atoms with Gasteiger partial charge in [0.2, 0.25) is 0 Å². The third-order valence-electron chi connectivity index (χ3n) is 2.92. The van der Waals surface area contributed by atoms with Crippen molar-refractivity contribution in [3.63, 3.8) is 0 Å². The largest absolute Gasteiger partial charge is 0.497 e. The highest BCUT2D eigenvalue weighted by molar-refractivity contribution is 7.77. The molecule has 0 aromatic heterocycles. The number of ether oxygens (including phenoxy) is 3. The zero-order valence-electron chi connectivity index (χ0n) is 11.5. The molecule has 1 aliphatic heterocycles. The van der Waals surface area contributed by atoms with Crippen molar-refractivity contribution < 1.29 is 23.8 Å². The van der Waals surface area contributed by atoms with E-state index in [1.54, 1.807) is 33.1 Å². The normalized spacial score (nSPS) is 24.4. The van der Waals surface area contributed by atoms with Crippen molar-refractivity contribution in [1.82, 2.24) is 4.89 Å². The summed E-state index contributed by atoms with van der Waals surface area (Å²) in [6, 6.07) is 7.23. The molecule has 0 unspecified atom stereocenters. The Labute approximate surface area is 122 Å². The maximum absolute atomic E-state index is 11.9. The number of benzene rings is 1. The van der Waals surface area contributed by atoms with Crippen LogP contribution in [0.5, 0.6) is 5.75 Å². The zero-order valence-corrected chi connectivity index (χ0v) is 12.3. The highest BCUT2D eigenvalue weighted by Gasteiger charge is 2.47. The summed E-state index contributed by atoms with van der Waals surface area (Å²) in [7, 11) is 1.59. The number of methoxy groups -OCH3 is 1. The predicted molar refractivity (Wildman–Crippen MR) is 74.0 cm³/mol. The Bertz CT molecular complexity index is 476. The SMILES string of the molecule is COc1ccc([C@H]2OC(C)(C)O[C@@H]2C(=O)ONS)cc1. The molecular formula is C13H17NO5S. The molecule has 2 atom stereocenters. The van der Waals surface area contributed by atoms with Crippen molar-refractivity contribution in [3.8, 4) is 5.75 Å². The third kappa shape index (κ3) is 3.24. The van der Waals surface area contributed by atoms with Gasteiger partial charge in [0.05, 0.1) is 7.11 Å². The summed E-state index contributed by atoms with van der Waals surface area (Å²) in [4.78, 5) is 18.6. The third-order valence-corrected chi connectivity index (χ3v) is 3.01. The molecule has 0 bridgehead atoms. The molecule has 1 saturated heterocycles. The number of rotatable bonds is 4. The molecule has 110 valence electrons. The van der Waals surface area contributed by atoms with E-state index in [0.29, 0.717) is 0 Å². The smallest absolute Gasteiger partial charge is 0.357 e. The highest BCUT2D eigenvalue weighted by Crippen LogP contribution is 2.39. The highest BCUT2D eigenvalue weighted by atomic mass is 32.1. The van der Waals surface area contributed by atoms with Crippen LogP contribution in [0.1, 0.15) is 25.5 Å². The summed E-state index contributed by atoms with van der Waals surface area (Å²) >= 11 is 3.63. The predicted octanol–water partition coefficient (Wildman–Crippen LogP) is 1.78. The Kier molecular flexibility index (Phi) is 4.54. The van der Waals surface area contributed by atoms with Gasteiger partial charge in [-0.1, -0.05) is 29.8 Å². The van der Waals surface area contributed by atoms with Gasteiger partial charge in [0.25, 0.3) is 0 Å². The summed E-state index contributed by atoms with van der Waals surface area (Å²) in [5.41, 5.74) is 0.803. The number of hydrogen-bond donors (Lipinski definition) is 2. The molecule has 0 saturated carbocycles. The molecule has 6 nitrogen and oxygen atoms in total. The van der Waals surface area contributed by atoms with Crippen molar-refractivity contribution in [2.24, 2.45) is 0 Å². The van der Waals surface area contributed by atoms with E-state index in [-0.39, 0.29) is 0 Å². The van der Waals surface area contributed by atoms with Crippen LogP contribution in [0.15, 0.2) is 24.3 Å². The van der Waals surface area contributed by atoms with Gasteiger partial charge < -0.3 is 19.0 Å². The number of carbonyl (C=O) groups is 1. The van der Waals surface area contributed by atoms with E-state index < -0.39 is 24.0 Å². The van der Waals surface area contributed by atoms with Gasteiger partial charge in [-0.3, -0.25) is 0 Å². The molecular weight excluding hydrogens is 282 g/mol. The van der Waals surface area contributed by atoms with Crippen LogP contribution in [0.25, 0.3) is 0 Å². The molecule has 1 N–H and O–H groups in total. The van der Waals surface area contributed by atoms with Crippen LogP contribution in [0.3, 0.4) is 0 Å². The van der Waals surface area contributed by atoms with Crippen LogP contribution < -0.4 is 9.62 Å². The molecule has 1 aliphatic rings. The van der Waals surface area contributed by atoms with Gasteiger partial charge in [0, 0.05) is 0 Å². The summed E-state index contributed by atoms with van der Waals surface area (Å²) in [6.45, 7) is 3.48. The fourth-order valence-electron chi connectivity index (χ4n) is 2.07. The molecule has 1 heterocycles. The van der Waals surface area contributed by atoms with Crippen LogP contribution in [0.4, 0.5) is 0 Å². The topological polar surface area (TPSA) is 66.0 Å². The lowest BCUT2D eigenvalue weighted by molar-refractivity contribution is -0.172. The Morgan fingerprint density at radius 2 is 1.95 bits per heavy atom. The zero-order chi connectivity index (χ0) is 14.8. The van der Waals surface area contributed by atoms with Gasteiger partial charge in [-0.15, -0.1) is 0 Å². The Hall–Kier alpha value is -1.28. The molecule has 1 aromatic rings. The number of carbonyl (C=O) groups excluding carboxylic acids is 1. The van der Waals surface area contributed by atoms with Crippen LogP contribution in [0, 0.1) is 0 Å². The Morgan fingerprint density at radius 1 is 1.30 bits per heavy atom. The van der Waals surface area contributed by atoms with Crippen LogP contribution in [-0.4, -0.2) is 25.0 Å². The van der Waals surface area contributed by atoms with Gasteiger partial charge in [-0.2, -0.15) is 0 Å². The van der Waals surface area contributed by atoms with Gasteiger partial charge in [0.1, 0.15) is 11.9 Å². The van der Waals surface area contributed by atoms with E-state index in [1.165, 1.54) is 0 Å². The minimum atomic E-state index is -0.870. The van der Waals surface area contributed by atoms with Gasteiger partial charge in [0.15, 0.2) is 11.9 Å². The first-order valence-electron chi connectivity index (χ1n) is 6.06. The quantitative estimate of drug-likeness (QED) is 0.652. The molecule has 20 heavy (non-hydrogen) atoms. The first-order chi connectivity index (χ1) is 9.46. The van der Waals surface area contributed by atoms with E-state index >= 15 is 0 Å². The molecule has 1 aromatic carbocycles. The standard InChI is InChI=1S/C13H17NO5S/c1-13(2)17-10(11(18-13)12(15)19-14-20)8-4-6-9(16-3)7-5-8/h4-7,10-11,14,20H,1-3H3/t10-,11+/m1/s1. The van der Waals surface area contributed by atoms with Crippen LogP contribution >= 0.6 is 12.8 Å². The monoisotopic (exact) mass is 299 g/mol. The van der Waals surface area contributed by atoms with Crippen molar-refractivity contribution in [1.29, 1.82) is 0 Å². The first kappa shape index (κ1) is 15.1. The number of nitrogens with one attached hydrogen (secondary N) is 1. The lowest BCUT2D eigenvalue weighted by Gasteiger charge is -2.16. The average molecular weight is 299 g/mol. The molecule has 1 fully saturated rings. The lowest BCUT2D eigenvalue weighted by atomic mass is 10.0. The van der Waals surface area contributed by atoms with Crippen LogP contribution in [-0.2, 0) is 19.1 Å². The molecule has 0 spiro atoms. The second-order valence-corrected chi connectivity index (χ2v) is 4.94. The lowest BCUT2D eigenvalue weighted by Crippen LogP contribution is -2.31. The van der Waals surface area contributed by atoms with Crippen molar-refractivity contribution in [2.45, 2.75) is 31.8 Å². The average Bonchev–Trinajstić information content (AvgIpc) is 2.75. The summed E-state index contributed by atoms with van der Waals surface area (Å²) in [5, 5.41) is 0. The number of thiol groups is 1. The van der Waals surface area contributed by atoms with Crippen molar-refractivity contribution >= 4 is 18.8 Å². The number of hydrogen-bond acceptors (Lipinski definition) is 7. The van der Waals surface area contributed by atoms with Gasteiger partial charge in [-0.05, 0) is 31.5 Å². The molecule has 2 rings (SSSR count). The first-order valence-corrected chi connectivity index (χ1v) is 6.51. The van der Waals surface area contributed by atoms with E-state index in [2.05, 4.69) is 22.5 Å². The minimum absolute atomic E-state index is 0.551. The van der Waals surface area contributed by atoms with E-state index in [0.717, 1.165) is 11.3 Å². The summed E-state index contributed by atoms with van der Waals surface area (Å²) in [5.74, 6) is -0.736. The molecule has 0 amide bonds. The molecule has 0 radical (unpaired) electrons. The summed E-state index contributed by atoms with van der Waals surface area (Å²) < 4.78 is 16.5. The fourth-order valence-corrected chi connectivity index (χ4v) is 2.16. The Morgan fingerprint density at radius 3 is 2.50 bits per heavy atom. The van der Waals surface area contributed by atoms with Gasteiger partial charge >= 0.3 is 5.97 Å². The second kappa shape index (κ2) is 6.01. The van der Waals surface area contributed by atoms with Crippen molar-refractivity contribution in [3.05, 3.63) is 29.8 Å². The van der Waals surface area contributed by atoms with Gasteiger partial charge in [-0.25, -0.2) is 4.79 Å². The summed E-state index contributed by atoms with van der Waals surface area (Å²) in [6.07, 6.45) is -1.41. The van der Waals surface area contributed by atoms with Crippen molar-refractivity contribution in [2.75, 3.05) is 7.11 Å². The van der Waals surface area contributed by atoms with Crippen LogP contribution in [0.2, 0.25) is 0 Å². The fraction of sp³-hybridized carbons (Fsp3) is 0.462. The molecule has 7 heteroatoms. The van der Waals surface area contributed by atoms with E-state index in [9.17, 15) is 4.79 Å².